The van der Waals surface area contributed by atoms with Gasteiger partial charge in [0, 0.05) is 5.56 Å². The Hall–Kier alpha value is -2.21. The fraction of sp³-hybridized carbons (Fsp3) is 0.526. The number of nitrogens with one attached hydrogen (secondary N) is 2. The minimum Gasteiger partial charge on any atom is -0.368 e. The molecule has 1 aliphatic rings. The van der Waals surface area contributed by atoms with Crippen LogP contribution in [0.5, 0.6) is 0 Å². The van der Waals surface area contributed by atoms with Crippen molar-refractivity contribution >= 4 is 17.6 Å². The summed E-state index contributed by atoms with van der Waals surface area (Å²) in [4.78, 5) is 37.0. The fourth-order valence-electron chi connectivity index (χ4n) is 2.77. The number of carbonyl (C=O) groups is 3. The second kappa shape index (κ2) is 7.78. The first-order valence-electron chi connectivity index (χ1n) is 8.48. The molecule has 1 fully saturated rings. The van der Waals surface area contributed by atoms with Gasteiger partial charge in [-0.2, -0.15) is 0 Å². The Morgan fingerprint density at radius 2 is 1.88 bits per heavy atom. The summed E-state index contributed by atoms with van der Waals surface area (Å²) in [7, 11) is 0. The highest BCUT2D eigenvalue weighted by Gasteiger charge is 2.36. The quantitative estimate of drug-likeness (QED) is 0.850. The van der Waals surface area contributed by atoms with Crippen LogP contribution in [0, 0.1) is 5.41 Å². The molecule has 1 aliphatic heterocycles. The number of benzene rings is 1. The van der Waals surface area contributed by atoms with E-state index in [2.05, 4.69) is 10.6 Å². The predicted molar refractivity (Wildman–Crippen MR) is 94.1 cm³/mol. The molecule has 3 atom stereocenters. The molecule has 1 aromatic rings. The first kappa shape index (κ1) is 19.1. The van der Waals surface area contributed by atoms with Crippen LogP contribution in [0.2, 0.25) is 0 Å². The molecule has 0 aromatic heterocycles. The summed E-state index contributed by atoms with van der Waals surface area (Å²) in [6.45, 7) is 7.74. The van der Waals surface area contributed by atoms with E-state index in [0.717, 1.165) is 0 Å². The van der Waals surface area contributed by atoms with Gasteiger partial charge in [0.2, 0.25) is 5.91 Å². The molecule has 1 heterocycles. The summed E-state index contributed by atoms with van der Waals surface area (Å²) in [5.41, 5.74) is 0.316. The second-order valence-electron chi connectivity index (χ2n) is 7.63. The Morgan fingerprint density at radius 3 is 2.40 bits per heavy atom. The van der Waals surface area contributed by atoms with E-state index in [4.69, 9.17) is 4.74 Å². The highest BCUT2D eigenvalue weighted by atomic mass is 16.5. The van der Waals surface area contributed by atoms with Crippen LogP contribution in [0.3, 0.4) is 0 Å². The summed E-state index contributed by atoms with van der Waals surface area (Å²) < 4.78 is 5.26. The number of carbonyl (C=O) groups excluding carboxylic acids is 3. The highest BCUT2D eigenvalue weighted by Crippen LogP contribution is 2.21. The summed E-state index contributed by atoms with van der Waals surface area (Å²) >= 11 is 0. The van der Waals surface area contributed by atoms with Gasteiger partial charge in [0.05, 0.1) is 6.10 Å². The van der Waals surface area contributed by atoms with Gasteiger partial charge in [0.1, 0.15) is 18.7 Å². The van der Waals surface area contributed by atoms with Crippen molar-refractivity contribution in [3.63, 3.8) is 0 Å². The average Bonchev–Trinajstić information content (AvgIpc) is 2.85. The molecule has 2 amide bonds. The maximum Gasteiger partial charge on any atom is 0.251 e. The lowest BCUT2D eigenvalue weighted by molar-refractivity contribution is -0.128. The van der Waals surface area contributed by atoms with Crippen LogP contribution < -0.4 is 10.6 Å². The molecule has 1 aromatic carbocycles. The number of hydrogen-bond acceptors (Lipinski definition) is 4. The minimum absolute atomic E-state index is 0.00637. The molecule has 2 rings (SSSR count). The van der Waals surface area contributed by atoms with Crippen LogP contribution in [-0.4, -0.2) is 42.4 Å². The minimum atomic E-state index is -0.728. The summed E-state index contributed by atoms with van der Waals surface area (Å²) in [6.07, 6.45) is 0.0876. The van der Waals surface area contributed by atoms with E-state index in [9.17, 15) is 14.4 Å². The summed E-state index contributed by atoms with van der Waals surface area (Å²) in [5.74, 6) is -0.827. The topological polar surface area (TPSA) is 84.5 Å². The molecular weight excluding hydrogens is 320 g/mol. The van der Waals surface area contributed by atoms with Gasteiger partial charge >= 0.3 is 0 Å². The van der Waals surface area contributed by atoms with Crippen LogP contribution in [0.15, 0.2) is 30.3 Å². The Labute approximate surface area is 148 Å². The van der Waals surface area contributed by atoms with Gasteiger partial charge < -0.3 is 15.4 Å². The predicted octanol–water partition coefficient (Wildman–Crippen LogP) is 1.69. The molecular formula is C19H26N2O4. The summed E-state index contributed by atoms with van der Waals surface area (Å²) in [5, 5.41) is 5.52. The Morgan fingerprint density at radius 1 is 1.24 bits per heavy atom. The molecule has 0 radical (unpaired) electrons. The van der Waals surface area contributed by atoms with Crippen molar-refractivity contribution in [2.45, 2.75) is 52.3 Å². The molecule has 6 nitrogen and oxygen atoms in total. The van der Waals surface area contributed by atoms with Crippen molar-refractivity contribution in [2.75, 3.05) is 6.61 Å². The molecule has 0 spiro atoms. The van der Waals surface area contributed by atoms with Crippen molar-refractivity contribution in [1.29, 1.82) is 0 Å². The average molecular weight is 346 g/mol. The first-order chi connectivity index (χ1) is 11.7. The van der Waals surface area contributed by atoms with E-state index >= 15 is 0 Å². The molecule has 0 saturated carbocycles. The van der Waals surface area contributed by atoms with Gasteiger partial charge in [0.15, 0.2) is 5.78 Å². The van der Waals surface area contributed by atoms with Gasteiger partial charge in [-0.15, -0.1) is 0 Å². The van der Waals surface area contributed by atoms with Crippen molar-refractivity contribution in [2.24, 2.45) is 5.41 Å². The van der Waals surface area contributed by atoms with Crippen LogP contribution >= 0.6 is 0 Å². The van der Waals surface area contributed by atoms with Gasteiger partial charge in [-0.3, -0.25) is 14.4 Å². The third kappa shape index (κ3) is 5.39. The van der Waals surface area contributed by atoms with Gasteiger partial charge in [-0.05, 0) is 30.9 Å². The van der Waals surface area contributed by atoms with Crippen LogP contribution in [-0.2, 0) is 14.3 Å². The number of Topliss-reactive ketones (excluding diaryl/α,β-unsaturated/α-hetero) is 1. The SMILES string of the molecule is C[C@@H]1OCC(=O)[C@H]1NC(=O)C(CC(C)(C)C)NC(=O)c1ccccc1. The molecule has 1 unspecified atom stereocenters. The smallest absolute Gasteiger partial charge is 0.251 e. The molecule has 0 bridgehead atoms. The highest BCUT2D eigenvalue weighted by molar-refractivity contribution is 5.98. The van der Waals surface area contributed by atoms with Crippen molar-refractivity contribution in [3.8, 4) is 0 Å². The first-order valence-corrected chi connectivity index (χ1v) is 8.48. The van der Waals surface area contributed by atoms with Crippen LogP contribution in [0.4, 0.5) is 0 Å². The maximum absolute atomic E-state index is 12.7. The fourth-order valence-corrected chi connectivity index (χ4v) is 2.77. The molecule has 6 heteroatoms. The third-order valence-electron chi connectivity index (χ3n) is 4.08. The van der Waals surface area contributed by atoms with Crippen LogP contribution in [0.25, 0.3) is 0 Å². The van der Waals surface area contributed by atoms with E-state index in [-0.39, 0.29) is 35.7 Å². The largest absolute Gasteiger partial charge is 0.368 e. The van der Waals surface area contributed by atoms with E-state index in [0.29, 0.717) is 12.0 Å². The van der Waals surface area contributed by atoms with E-state index in [1.807, 2.05) is 26.8 Å². The normalized spacial score (nSPS) is 21.7. The lowest BCUT2D eigenvalue weighted by Gasteiger charge is -2.27. The second-order valence-corrected chi connectivity index (χ2v) is 7.63. The monoisotopic (exact) mass is 346 g/mol. The molecule has 0 aliphatic carbocycles. The lowest BCUT2D eigenvalue weighted by Crippen LogP contribution is -2.53. The molecule has 2 N–H and O–H groups in total. The number of hydrogen-bond donors (Lipinski definition) is 2. The Balaban J connectivity index is 2.10. The van der Waals surface area contributed by atoms with E-state index < -0.39 is 12.1 Å². The zero-order chi connectivity index (χ0) is 18.6. The van der Waals surface area contributed by atoms with Gasteiger partial charge in [0.25, 0.3) is 5.91 Å². The van der Waals surface area contributed by atoms with Crippen molar-refractivity contribution in [3.05, 3.63) is 35.9 Å². The lowest BCUT2D eigenvalue weighted by atomic mass is 9.87. The zero-order valence-electron chi connectivity index (χ0n) is 15.2. The Kier molecular flexibility index (Phi) is 5.95. The Bertz CT molecular complexity index is 637. The maximum atomic E-state index is 12.7. The standard InChI is InChI=1S/C19H26N2O4/c1-12-16(15(22)11-25-12)21-18(24)14(10-19(2,3)4)20-17(23)13-8-6-5-7-9-13/h5-9,12,14,16H,10-11H2,1-4H3,(H,20,23)(H,21,24)/t12-,14?,16-/m0/s1. The van der Waals surface area contributed by atoms with Gasteiger partial charge in [-0.1, -0.05) is 39.0 Å². The zero-order valence-corrected chi connectivity index (χ0v) is 15.2. The number of rotatable bonds is 5. The van der Waals surface area contributed by atoms with Crippen LogP contribution in [0.1, 0.15) is 44.5 Å². The molecule has 136 valence electrons. The van der Waals surface area contributed by atoms with E-state index in [1.54, 1.807) is 31.2 Å². The number of ether oxygens (including phenoxy) is 1. The summed E-state index contributed by atoms with van der Waals surface area (Å²) in [6, 6.07) is 7.35. The van der Waals surface area contributed by atoms with Crippen molar-refractivity contribution in [1.82, 2.24) is 10.6 Å². The van der Waals surface area contributed by atoms with Gasteiger partial charge in [-0.25, -0.2) is 0 Å². The van der Waals surface area contributed by atoms with Crippen molar-refractivity contribution < 1.29 is 19.1 Å². The molecule has 25 heavy (non-hydrogen) atoms. The third-order valence-corrected chi connectivity index (χ3v) is 4.08. The number of amides is 2. The molecule has 1 saturated heterocycles. The number of ketones is 1. The van der Waals surface area contributed by atoms with E-state index in [1.165, 1.54) is 0 Å².